The molecule has 0 bridgehead atoms. The summed E-state index contributed by atoms with van der Waals surface area (Å²) in [5, 5.41) is 3.35. The van der Waals surface area contributed by atoms with E-state index in [1.54, 1.807) is 0 Å². The fourth-order valence-corrected chi connectivity index (χ4v) is 1.78. The van der Waals surface area contributed by atoms with Crippen LogP contribution < -0.4 is 5.32 Å². The minimum atomic E-state index is 0.555. The number of hydrogen-bond acceptors (Lipinski definition) is 2. The Morgan fingerprint density at radius 1 is 1.18 bits per heavy atom. The van der Waals surface area contributed by atoms with Gasteiger partial charge in [-0.2, -0.15) is 0 Å². The van der Waals surface area contributed by atoms with Crippen LogP contribution in [-0.2, 0) is 12.4 Å². The second-order valence-electron chi connectivity index (χ2n) is 3.95. The first-order valence-corrected chi connectivity index (χ1v) is 6.12. The van der Waals surface area contributed by atoms with Gasteiger partial charge in [-0.05, 0) is 36.2 Å². The van der Waals surface area contributed by atoms with Gasteiger partial charge in [0.05, 0.1) is 12.2 Å². The summed E-state index contributed by atoms with van der Waals surface area (Å²) in [4.78, 5) is 4.34. The molecule has 0 radical (unpaired) electrons. The highest BCUT2D eigenvalue weighted by molar-refractivity contribution is 6.17. The van der Waals surface area contributed by atoms with Crippen molar-refractivity contribution >= 4 is 17.3 Å². The van der Waals surface area contributed by atoms with Gasteiger partial charge in [0.2, 0.25) is 0 Å². The molecule has 0 fully saturated rings. The first kappa shape index (κ1) is 11.9. The van der Waals surface area contributed by atoms with Crippen LogP contribution in [0.3, 0.4) is 0 Å². The topological polar surface area (TPSA) is 24.9 Å². The minimum absolute atomic E-state index is 0.555. The summed E-state index contributed by atoms with van der Waals surface area (Å²) in [6, 6.07) is 12.2. The number of benzene rings is 1. The molecule has 2 rings (SSSR count). The van der Waals surface area contributed by atoms with Crippen LogP contribution in [0, 0.1) is 6.92 Å². The van der Waals surface area contributed by atoms with E-state index in [0.29, 0.717) is 5.88 Å². The maximum Gasteiger partial charge on any atom is 0.0623 e. The van der Waals surface area contributed by atoms with Crippen molar-refractivity contribution in [2.45, 2.75) is 19.3 Å². The van der Waals surface area contributed by atoms with Gasteiger partial charge in [0, 0.05) is 17.8 Å². The molecule has 1 heterocycles. The highest BCUT2D eigenvalue weighted by atomic mass is 35.5. The van der Waals surface area contributed by atoms with Crippen LogP contribution in [-0.4, -0.2) is 4.98 Å². The van der Waals surface area contributed by atoms with Gasteiger partial charge in [-0.3, -0.25) is 4.98 Å². The summed E-state index contributed by atoms with van der Waals surface area (Å²) < 4.78 is 0. The summed E-state index contributed by atoms with van der Waals surface area (Å²) in [6.07, 6.45) is 1.82. The third-order valence-electron chi connectivity index (χ3n) is 2.69. The van der Waals surface area contributed by atoms with Gasteiger partial charge >= 0.3 is 0 Å². The number of halogens is 1. The van der Waals surface area contributed by atoms with Crippen LogP contribution in [0.5, 0.6) is 0 Å². The number of aromatic nitrogens is 1. The number of hydrogen-bond donors (Lipinski definition) is 1. The van der Waals surface area contributed by atoms with E-state index >= 15 is 0 Å². The summed E-state index contributed by atoms with van der Waals surface area (Å²) in [5.74, 6) is 0.555. The minimum Gasteiger partial charge on any atom is -0.379 e. The van der Waals surface area contributed by atoms with E-state index < -0.39 is 0 Å². The number of nitrogens with zero attached hydrogens (tertiary/aromatic N) is 1. The third kappa shape index (κ3) is 3.21. The Morgan fingerprint density at radius 3 is 2.59 bits per heavy atom. The Balaban J connectivity index is 2.00. The van der Waals surface area contributed by atoms with Gasteiger partial charge in [0.15, 0.2) is 0 Å². The molecule has 0 atom stereocenters. The van der Waals surface area contributed by atoms with Crippen molar-refractivity contribution in [1.82, 2.24) is 4.98 Å². The Kier molecular flexibility index (Phi) is 3.99. The van der Waals surface area contributed by atoms with Crippen molar-refractivity contribution in [2.24, 2.45) is 0 Å². The molecule has 0 aliphatic heterocycles. The molecule has 1 N–H and O–H groups in total. The van der Waals surface area contributed by atoms with Crippen molar-refractivity contribution in [2.75, 3.05) is 5.32 Å². The summed E-state index contributed by atoms with van der Waals surface area (Å²) >= 11 is 5.74. The number of pyridine rings is 1. The van der Waals surface area contributed by atoms with Gasteiger partial charge in [-0.25, -0.2) is 0 Å². The predicted octanol–water partition coefficient (Wildman–Crippen LogP) is 3.74. The van der Waals surface area contributed by atoms with Gasteiger partial charge in [0.25, 0.3) is 0 Å². The molecule has 0 saturated carbocycles. The molecule has 1 aromatic carbocycles. The molecule has 2 nitrogen and oxygen atoms in total. The summed E-state index contributed by atoms with van der Waals surface area (Å²) in [7, 11) is 0. The Hall–Kier alpha value is -1.54. The Bertz CT molecular complexity index is 480. The molecular formula is C14H15ClN2. The zero-order chi connectivity index (χ0) is 12.1. The molecule has 1 aromatic heterocycles. The van der Waals surface area contributed by atoms with Crippen LogP contribution in [0.1, 0.15) is 16.8 Å². The largest absolute Gasteiger partial charge is 0.379 e. The van der Waals surface area contributed by atoms with Crippen LogP contribution in [0.25, 0.3) is 0 Å². The first-order chi connectivity index (χ1) is 8.29. The fourth-order valence-electron chi connectivity index (χ4n) is 1.60. The van der Waals surface area contributed by atoms with E-state index in [1.807, 2.05) is 36.5 Å². The van der Waals surface area contributed by atoms with E-state index in [9.17, 15) is 0 Å². The highest BCUT2D eigenvalue weighted by Gasteiger charge is 1.98. The fraction of sp³-hybridized carbons (Fsp3) is 0.214. The van der Waals surface area contributed by atoms with Gasteiger partial charge in [-0.1, -0.05) is 18.2 Å². The van der Waals surface area contributed by atoms with E-state index in [0.717, 1.165) is 23.5 Å². The van der Waals surface area contributed by atoms with E-state index in [2.05, 4.69) is 23.3 Å². The van der Waals surface area contributed by atoms with Gasteiger partial charge in [0.1, 0.15) is 0 Å². The number of rotatable bonds is 4. The Labute approximate surface area is 107 Å². The highest BCUT2D eigenvalue weighted by Crippen LogP contribution is 2.13. The SMILES string of the molecule is Cc1cccnc1CNc1ccc(CCl)cc1. The number of anilines is 1. The lowest BCUT2D eigenvalue weighted by Crippen LogP contribution is -2.03. The zero-order valence-corrected chi connectivity index (χ0v) is 10.5. The maximum atomic E-state index is 5.74. The lowest BCUT2D eigenvalue weighted by molar-refractivity contribution is 1.02. The summed E-state index contributed by atoms with van der Waals surface area (Å²) in [6.45, 7) is 2.81. The van der Waals surface area contributed by atoms with Crippen molar-refractivity contribution in [3.05, 3.63) is 59.4 Å². The lowest BCUT2D eigenvalue weighted by atomic mass is 10.2. The quantitative estimate of drug-likeness (QED) is 0.832. The molecule has 0 unspecified atom stereocenters. The maximum absolute atomic E-state index is 5.74. The predicted molar refractivity (Wildman–Crippen MR) is 72.3 cm³/mol. The van der Waals surface area contributed by atoms with Crippen molar-refractivity contribution in [3.8, 4) is 0 Å². The lowest BCUT2D eigenvalue weighted by Gasteiger charge is -2.08. The third-order valence-corrected chi connectivity index (χ3v) is 2.99. The number of nitrogens with one attached hydrogen (secondary N) is 1. The average molecular weight is 247 g/mol. The van der Waals surface area contributed by atoms with Crippen LogP contribution in [0.4, 0.5) is 5.69 Å². The molecule has 17 heavy (non-hydrogen) atoms. The monoisotopic (exact) mass is 246 g/mol. The van der Waals surface area contributed by atoms with Crippen molar-refractivity contribution < 1.29 is 0 Å². The zero-order valence-electron chi connectivity index (χ0n) is 9.78. The summed E-state index contributed by atoms with van der Waals surface area (Å²) in [5.41, 5.74) is 4.50. The van der Waals surface area contributed by atoms with Crippen LogP contribution in [0.15, 0.2) is 42.6 Å². The number of alkyl halides is 1. The van der Waals surface area contributed by atoms with Crippen molar-refractivity contribution in [3.63, 3.8) is 0 Å². The molecule has 0 amide bonds. The molecule has 0 spiro atoms. The molecule has 2 aromatic rings. The average Bonchev–Trinajstić information content (AvgIpc) is 2.38. The standard InChI is InChI=1S/C14H15ClN2/c1-11-3-2-8-16-14(11)10-17-13-6-4-12(9-15)5-7-13/h2-8,17H,9-10H2,1H3. The van der Waals surface area contributed by atoms with Gasteiger partial charge < -0.3 is 5.32 Å². The van der Waals surface area contributed by atoms with Crippen LogP contribution in [0.2, 0.25) is 0 Å². The molecule has 3 heteroatoms. The molecule has 88 valence electrons. The van der Waals surface area contributed by atoms with E-state index in [1.165, 1.54) is 5.56 Å². The second-order valence-corrected chi connectivity index (χ2v) is 4.22. The normalized spacial score (nSPS) is 10.2. The Morgan fingerprint density at radius 2 is 1.94 bits per heavy atom. The second kappa shape index (κ2) is 5.69. The van der Waals surface area contributed by atoms with Gasteiger partial charge in [-0.15, -0.1) is 11.6 Å². The van der Waals surface area contributed by atoms with E-state index in [-0.39, 0.29) is 0 Å². The van der Waals surface area contributed by atoms with Crippen LogP contribution >= 0.6 is 11.6 Å². The first-order valence-electron chi connectivity index (χ1n) is 5.59. The molecular weight excluding hydrogens is 232 g/mol. The number of aryl methyl sites for hydroxylation is 1. The molecule has 0 aliphatic carbocycles. The molecule has 0 saturated heterocycles. The van der Waals surface area contributed by atoms with Crippen molar-refractivity contribution in [1.29, 1.82) is 0 Å². The van der Waals surface area contributed by atoms with E-state index in [4.69, 9.17) is 11.6 Å². The smallest absolute Gasteiger partial charge is 0.0623 e. The molecule has 0 aliphatic rings.